The molecular weight excluding hydrogens is 678 g/mol. The normalized spacial score (nSPS) is 15.9. The van der Waals surface area contributed by atoms with E-state index in [-0.39, 0.29) is 53.4 Å². The summed E-state index contributed by atoms with van der Waals surface area (Å²) in [4.78, 5) is 53.0. The van der Waals surface area contributed by atoms with Crippen LogP contribution in [0.4, 0.5) is 0 Å². The van der Waals surface area contributed by atoms with Crippen LogP contribution in [-0.4, -0.2) is 65.0 Å². The lowest BCUT2D eigenvalue weighted by molar-refractivity contribution is -0.145. The SMILES string of the molecule is Br.CC(C)(CNC(=O)[C@H]1CCCN1C(=O)c1ccc(Cl)cc1)NCC(O)c1ccc(OC(=O)C(C)(C)C)c(OC(=O)C(C)(C)C)c1. The molecule has 1 aliphatic heterocycles. The number of carbonyl (C=O) groups is 4. The second-order valence-corrected chi connectivity index (χ2v) is 14.6. The van der Waals surface area contributed by atoms with Crippen LogP contribution in [0.25, 0.3) is 0 Å². The van der Waals surface area contributed by atoms with Crippen LogP contribution in [-0.2, 0) is 14.4 Å². The molecule has 2 atom stereocenters. The molecule has 1 saturated heterocycles. The molecule has 0 spiro atoms. The highest BCUT2D eigenvalue weighted by molar-refractivity contribution is 8.93. The minimum Gasteiger partial charge on any atom is -0.422 e. The second-order valence-electron chi connectivity index (χ2n) is 14.1. The largest absolute Gasteiger partial charge is 0.422 e. The fourth-order valence-corrected chi connectivity index (χ4v) is 4.55. The molecule has 2 aromatic carbocycles. The zero-order valence-corrected chi connectivity index (χ0v) is 30.3. The molecule has 1 fully saturated rings. The molecule has 0 radical (unpaired) electrons. The first kappa shape index (κ1) is 39.2. The van der Waals surface area contributed by atoms with E-state index in [0.717, 1.165) is 6.42 Å². The van der Waals surface area contributed by atoms with Gasteiger partial charge in [0.15, 0.2) is 11.5 Å². The number of β-amino-alcohol motifs (C(OH)–C–C–N with tert-alkyl or cyclic N) is 1. The van der Waals surface area contributed by atoms with Crippen molar-refractivity contribution in [3.05, 3.63) is 58.6 Å². The molecule has 0 saturated carbocycles. The standard InChI is InChI=1S/C34H46ClN3O7.BrH/c1-32(2,3)30(42)44-26-16-13-22(18-27(26)45-31(43)33(4,5)6)25(39)19-37-34(7,8)20-36-28(40)24-10-9-17-38(24)29(41)21-11-14-23(35)15-12-21;/h11-16,18,24-25,37,39H,9-10,17,19-20H2,1-8H3,(H,36,40);1H/t24-,25?;/m1./s1. The lowest BCUT2D eigenvalue weighted by atomic mass is 9.97. The van der Waals surface area contributed by atoms with E-state index in [1.165, 1.54) is 12.1 Å². The van der Waals surface area contributed by atoms with Crippen molar-refractivity contribution in [1.29, 1.82) is 0 Å². The van der Waals surface area contributed by atoms with Crippen molar-refractivity contribution in [2.45, 2.75) is 85.9 Å². The van der Waals surface area contributed by atoms with E-state index in [0.29, 0.717) is 29.1 Å². The summed E-state index contributed by atoms with van der Waals surface area (Å²) in [5.41, 5.74) is -1.29. The molecule has 0 aromatic heterocycles. The Balaban J connectivity index is 0.00000736. The minimum atomic E-state index is -1.01. The third-order valence-corrected chi connectivity index (χ3v) is 7.62. The number of likely N-dealkylation sites (tertiary alicyclic amines) is 1. The molecule has 3 rings (SSSR count). The van der Waals surface area contributed by atoms with E-state index in [2.05, 4.69) is 10.6 Å². The van der Waals surface area contributed by atoms with Crippen LogP contribution in [0.5, 0.6) is 11.5 Å². The van der Waals surface area contributed by atoms with Gasteiger partial charge in [-0.2, -0.15) is 0 Å². The number of carbonyl (C=O) groups excluding carboxylic acids is 4. The van der Waals surface area contributed by atoms with Gasteiger partial charge in [0.1, 0.15) is 6.04 Å². The lowest BCUT2D eigenvalue weighted by Gasteiger charge is -2.30. The van der Waals surface area contributed by atoms with E-state index >= 15 is 0 Å². The molecule has 1 aliphatic rings. The van der Waals surface area contributed by atoms with Gasteiger partial charge in [-0.1, -0.05) is 17.7 Å². The number of benzene rings is 2. The topological polar surface area (TPSA) is 134 Å². The minimum absolute atomic E-state index is 0. The summed E-state index contributed by atoms with van der Waals surface area (Å²) in [5, 5.41) is 17.8. The molecule has 2 aromatic rings. The van der Waals surface area contributed by atoms with E-state index in [4.69, 9.17) is 21.1 Å². The molecule has 46 heavy (non-hydrogen) atoms. The Kier molecular flexibility index (Phi) is 13.4. The molecule has 0 aliphatic carbocycles. The van der Waals surface area contributed by atoms with Crippen molar-refractivity contribution in [2.75, 3.05) is 19.6 Å². The number of hydrogen-bond acceptors (Lipinski definition) is 8. The van der Waals surface area contributed by atoms with Crippen LogP contribution in [0.2, 0.25) is 5.02 Å². The predicted octanol–water partition coefficient (Wildman–Crippen LogP) is 5.64. The monoisotopic (exact) mass is 723 g/mol. The van der Waals surface area contributed by atoms with Gasteiger partial charge >= 0.3 is 11.9 Å². The number of nitrogens with zero attached hydrogens (tertiary/aromatic N) is 1. The summed E-state index contributed by atoms with van der Waals surface area (Å²) >= 11 is 5.95. The number of rotatable bonds is 10. The smallest absolute Gasteiger partial charge is 0.316 e. The van der Waals surface area contributed by atoms with Crippen molar-refractivity contribution < 1.29 is 33.8 Å². The maximum Gasteiger partial charge on any atom is 0.316 e. The highest BCUT2D eigenvalue weighted by Gasteiger charge is 2.35. The Morgan fingerprint density at radius 3 is 2.04 bits per heavy atom. The zero-order chi connectivity index (χ0) is 33.7. The van der Waals surface area contributed by atoms with Crippen LogP contribution in [0.3, 0.4) is 0 Å². The molecule has 2 amide bonds. The highest BCUT2D eigenvalue weighted by Crippen LogP contribution is 2.34. The van der Waals surface area contributed by atoms with Crippen LogP contribution >= 0.6 is 28.6 Å². The summed E-state index contributed by atoms with van der Waals surface area (Å²) < 4.78 is 11.1. The molecular formula is C34H47BrClN3O7. The maximum absolute atomic E-state index is 13.1. The first-order valence-electron chi connectivity index (χ1n) is 15.1. The molecule has 0 bridgehead atoms. The van der Waals surface area contributed by atoms with Crippen LogP contribution < -0.4 is 20.1 Å². The van der Waals surface area contributed by atoms with Gasteiger partial charge in [-0.25, -0.2) is 0 Å². The Labute approximate surface area is 287 Å². The highest BCUT2D eigenvalue weighted by atomic mass is 79.9. The van der Waals surface area contributed by atoms with Gasteiger partial charge in [-0.05, 0) is 110 Å². The van der Waals surface area contributed by atoms with Crippen molar-refractivity contribution in [2.24, 2.45) is 10.8 Å². The fraction of sp³-hybridized carbons (Fsp3) is 0.529. The zero-order valence-electron chi connectivity index (χ0n) is 27.9. The third kappa shape index (κ3) is 10.8. The number of aliphatic hydroxyl groups is 1. The van der Waals surface area contributed by atoms with Crippen molar-refractivity contribution >= 4 is 52.3 Å². The Morgan fingerprint density at radius 2 is 1.48 bits per heavy atom. The van der Waals surface area contributed by atoms with Crippen LogP contribution in [0, 0.1) is 10.8 Å². The summed E-state index contributed by atoms with van der Waals surface area (Å²) in [6.45, 7) is 14.9. The maximum atomic E-state index is 13.1. The quantitative estimate of drug-likeness (QED) is 0.212. The van der Waals surface area contributed by atoms with Gasteiger partial charge in [0.2, 0.25) is 5.91 Å². The second kappa shape index (κ2) is 15.7. The van der Waals surface area contributed by atoms with E-state index in [1.807, 2.05) is 13.8 Å². The van der Waals surface area contributed by atoms with Gasteiger partial charge < -0.3 is 30.1 Å². The van der Waals surface area contributed by atoms with Crippen molar-refractivity contribution in [3.8, 4) is 11.5 Å². The molecule has 12 heteroatoms. The fourth-order valence-electron chi connectivity index (χ4n) is 4.42. The Bertz CT molecular complexity index is 1400. The lowest BCUT2D eigenvalue weighted by Crippen LogP contribution is -2.53. The van der Waals surface area contributed by atoms with E-state index < -0.39 is 40.5 Å². The van der Waals surface area contributed by atoms with E-state index in [9.17, 15) is 24.3 Å². The number of esters is 2. The Hall–Kier alpha value is -2.99. The number of amides is 2. The van der Waals surface area contributed by atoms with Crippen LogP contribution in [0.1, 0.15) is 90.3 Å². The van der Waals surface area contributed by atoms with Gasteiger partial charge in [-0.15, -0.1) is 17.0 Å². The molecule has 1 unspecified atom stereocenters. The van der Waals surface area contributed by atoms with Gasteiger partial charge in [-0.3, -0.25) is 19.2 Å². The number of halogens is 2. The van der Waals surface area contributed by atoms with E-state index in [1.54, 1.807) is 76.8 Å². The number of nitrogens with one attached hydrogen (secondary N) is 2. The molecule has 254 valence electrons. The van der Waals surface area contributed by atoms with Gasteiger partial charge in [0, 0.05) is 35.8 Å². The number of hydrogen-bond donors (Lipinski definition) is 3. The summed E-state index contributed by atoms with van der Waals surface area (Å²) in [6.07, 6.45) is 0.287. The number of aliphatic hydroxyl groups excluding tert-OH is 1. The van der Waals surface area contributed by atoms with Crippen LogP contribution in [0.15, 0.2) is 42.5 Å². The molecule has 3 N–H and O–H groups in total. The first-order chi connectivity index (χ1) is 20.8. The molecule has 1 heterocycles. The van der Waals surface area contributed by atoms with Gasteiger partial charge in [0.05, 0.1) is 16.9 Å². The predicted molar refractivity (Wildman–Crippen MR) is 183 cm³/mol. The first-order valence-corrected chi connectivity index (χ1v) is 15.5. The van der Waals surface area contributed by atoms with Crippen molar-refractivity contribution in [1.82, 2.24) is 15.5 Å². The Morgan fingerprint density at radius 1 is 0.913 bits per heavy atom. The summed E-state index contributed by atoms with van der Waals surface area (Å²) in [5.74, 6) is -1.36. The van der Waals surface area contributed by atoms with Gasteiger partial charge in [0.25, 0.3) is 5.91 Å². The van der Waals surface area contributed by atoms with Crippen molar-refractivity contribution in [3.63, 3.8) is 0 Å². The average Bonchev–Trinajstić information content (AvgIpc) is 3.45. The molecule has 10 nitrogen and oxygen atoms in total. The summed E-state index contributed by atoms with van der Waals surface area (Å²) in [7, 11) is 0. The summed E-state index contributed by atoms with van der Waals surface area (Å²) in [6, 6.07) is 10.6. The third-order valence-electron chi connectivity index (χ3n) is 7.37. The number of ether oxygens (including phenoxy) is 2. The average molecular weight is 725 g/mol.